The second kappa shape index (κ2) is 5.83. The summed E-state index contributed by atoms with van der Waals surface area (Å²) in [5, 5.41) is 0. The molecule has 0 atom stereocenters. The van der Waals surface area contributed by atoms with Crippen LogP contribution in [0.15, 0.2) is 49.2 Å². The maximum atomic E-state index is 3.98. The molecule has 0 radical (unpaired) electrons. The van der Waals surface area contributed by atoms with Crippen LogP contribution in [-0.2, 0) is 0 Å². The molecule has 2 aromatic rings. The molecule has 2 heterocycles. The highest BCUT2D eigenvalue weighted by molar-refractivity contribution is 4.99. The molecular formula is C10H11N3. The van der Waals surface area contributed by atoms with Crippen molar-refractivity contribution in [2.45, 2.75) is 6.92 Å². The smallest absolute Gasteiger partial charge is 0.0451 e. The minimum Gasteiger partial charge on any atom is -0.262 e. The Morgan fingerprint density at radius 2 is 1.46 bits per heavy atom. The lowest BCUT2D eigenvalue weighted by Crippen LogP contribution is -1.72. The molecule has 13 heavy (non-hydrogen) atoms. The second-order valence-electron chi connectivity index (χ2n) is 2.37. The van der Waals surface area contributed by atoms with E-state index in [1.54, 1.807) is 31.0 Å². The minimum absolute atomic E-state index is 1.07. The highest BCUT2D eigenvalue weighted by atomic mass is 14.7. The van der Waals surface area contributed by atoms with Crippen LogP contribution in [0, 0.1) is 6.92 Å². The van der Waals surface area contributed by atoms with E-state index >= 15 is 0 Å². The molecule has 0 amide bonds. The van der Waals surface area contributed by atoms with Crippen molar-refractivity contribution < 1.29 is 0 Å². The van der Waals surface area contributed by atoms with Gasteiger partial charge in [0.2, 0.25) is 0 Å². The van der Waals surface area contributed by atoms with E-state index in [1.165, 1.54) is 0 Å². The lowest BCUT2D eigenvalue weighted by molar-refractivity contribution is 1.20. The summed E-state index contributed by atoms with van der Waals surface area (Å²) >= 11 is 0. The molecule has 0 unspecified atom stereocenters. The van der Waals surface area contributed by atoms with Crippen LogP contribution in [0.1, 0.15) is 5.69 Å². The molecule has 0 aromatic carbocycles. The van der Waals surface area contributed by atoms with Crippen LogP contribution in [0.2, 0.25) is 0 Å². The summed E-state index contributed by atoms with van der Waals surface area (Å²) in [7, 11) is 0. The Kier molecular flexibility index (Phi) is 4.18. The predicted octanol–water partition coefficient (Wildman–Crippen LogP) is 1.87. The number of hydrogen-bond acceptors (Lipinski definition) is 3. The number of pyridine rings is 1. The van der Waals surface area contributed by atoms with E-state index in [-0.39, 0.29) is 0 Å². The predicted molar refractivity (Wildman–Crippen MR) is 51.0 cm³/mol. The fourth-order valence-corrected chi connectivity index (χ4v) is 0.701. The van der Waals surface area contributed by atoms with E-state index in [0.29, 0.717) is 0 Å². The minimum atomic E-state index is 1.07. The van der Waals surface area contributed by atoms with Crippen molar-refractivity contribution >= 4 is 0 Å². The molecule has 0 aliphatic carbocycles. The van der Waals surface area contributed by atoms with Gasteiger partial charge in [-0.2, -0.15) is 0 Å². The van der Waals surface area contributed by atoms with Crippen LogP contribution in [-0.4, -0.2) is 15.0 Å². The topological polar surface area (TPSA) is 38.7 Å². The van der Waals surface area contributed by atoms with Crippen LogP contribution in [0.3, 0.4) is 0 Å². The van der Waals surface area contributed by atoms with Gasteiger partial charge in [-0.3, -0.25) is 15.0 Å². The van der Waals surface area contributed by atoms with E-state index in [4.69, 9.17) is 0 Å². The Bertz CT molecular complexity index is 281. The van der Waals surface area contributed by atoms with Gasteiger partial charge in [0.25, 0.3) is 0 Å². The van der Waals surface area contributed by atoms with Crippen molar-refractivity contribution in [2.75, 3.05) is 0 Å². The first-order valence-corrected chi connectivity index (χ1v) is 3.97. The van der Waals surface area contributed by atoms with Gasteiger partial charge in [-0.25, -0.2) is 0 Å². The highest BCUT2D eigenvalue weighted by Crippen LogP contribution is 1.86. The Balaban J connectivity index is 0.000000132. The molecule has 0 aliphatic rings. The number of rotatable bonds is 0. The lowest BCUT2D eigenvalue weighted by Gasteiger charge is -1.82. The van der Waals surface area contributed by atoms with Gasteiger partial charge in [0.05, 0.1) is 0 Å². The first-order chi connectivity index (χ1) is 6.39. The summed E-state index contributed by atoms with van der Waals surface area (Å²) in [6.07, 6.45) is 8.34. The number of hydrogen-bond donors (Lipinski definition) is 0. The fourth-order valence-electron chi connectivity index (χ4n) is 0.701. The molecule has 0 aliphatic heterocycles. The normalized spacial score (nSPS) is 8.38. The fraction of sp³-hybridized carbons (Fsp3) is 0.100. The van der Waals surface area contributed by atoms with Gasteiger partial charge in [0.15, 0.2) is 0 Å². The average molecular weight is 173 g/mol. The molecule has 0 N–H and O–H groups in total. The maximum absolute atomic E-state index is 3.98. The number of nitrogens with zero attached hydrogens (tertiary/aromatic N) is 3. The third kappa shape index (κ3) is 4.63. The van der Waals surface area contributed by atoms with E-state index in [1.807, 2.05) is 25.1 Å². The van der Waals surface area contributed by atoms with Crippen molar-refractivity contribution in [1.82, 2.24) is 15.0 Å². The molecule has 2 aromatic heterocycles. The zero-order chi connectivity index (χ0) is 9.36. The van der Waals surface area contributed by atoms with Crippen molar-refractivity contribution in [3.63, 3.8) is 0 Å². The second-order valence-corrected chi connectivity index (χ2v) is 2.37. The average Bonchev–Trinajstić information content (AvgIpc) is 2.22. The zero-order valence-corrected chi connectivity index (χ0v) is 7.46. The van der Waals surface area contributed by atoms with Gasteiger partial charge in [-0.15, -0.1) is 0 Å². The Labute approximate surface area is 77.5 Å². The van der Waals surface area contributed by atoms with Crippen molar-refractivity contribution in [3.8, 4) is 0 Å². The monoisotopic (exact) mass is 173 g/mol. The van der Waals surface area contributed by atoms with Gasteiger partial charge in [-0.1, -0.05) is 6.07 Å². The Hall–Kier alpha value is -1.77. The van der Waals surface area contributed by atoms with Crippen molar-refractivity contribution in [1.29, 1.82) is 0 Å². The standard InChI is InChI=1S/C6H7N.C4H4N2/c1-6-4-2-3-5-7-6;1-2-6-4-3-5-1/h2-5H,1H3;1-4H. The van der Waals surface area contributed by atoms with Crippen molar-refractivity contribution in [2.24, 2.45) is 0 Å². The molecule has 0 spiro atoms. The third-order valence-corrected chi connectivity index (χ3v) is 1.29. The zero-order valence-electron chi connectivity index (χ0n) is 7.46. The van der Waals surface area contributed by atoms with Crippen LogP contribution < -0.4 is 0 Å². The first kappa shape index (κ1) is 9.32. The summed E-state index contributed by atoms with van der Waals surface area (Å²) in [5.74, 6) is 0. The summed E-state index contributed by atoms with van der Waals surface area (Å²) in [5.41, 5.74) is 1.07. The molecule has 0 bridgehead atoms. The molecule has 0 fully saturated rings. The van der Waals surface area contributed by atoms with E-state index in [2.05, 4.69) is 15.0 Å². The molecule has 2 rings (SSSR count). The largest absolute Gasteiger partial charge is 0.262 e. The van der Waals surface area contributed by atoms with Crippen LogP contribution in [0.5, 0.6) is 0 Å². The highest BCUT2D eigenvalue weighted by Gasteiger charge is 1.73. The van der Waals surface area contributed by atoms with E-state index in [0.717, 1.165) is 5.69 Å². The van der Waals surface area contributed by atoms with Crippen molar-refractivity contribution in [3.05, 3.63) is 54.9 Å². The molecule has 3 heteroatoms. The van der Waals surface area contributed by atoms with Crippen LogP contribution in [0.4, 0.5) is 0 Å². The van der Waals surface area contributed by atoms with Crippen LogP contribution in [0.25, 0.3) is 0 Å². The maximum Gasteiger partial charge on any atom is 0.0451 e. The lowest BCUT2D eigenvalue weighted by atomic mass is 10.4. The third-order valence-electron chi connectivity index (χ3n) is 1.29. The quantitative estimate of drug-likeness (QED) is 0.610. The SMILES string of the molecule is Cc1ccccn1.c1cnccn1. The Morgan fingerprint density at radius 1 is 0.846 bits per heavy atom. The molecule has 3 nitrogen and oxygen atoms in total. The summed E-state index contributed by atoms with van der Waals surface area (Å²) in [6, 6.07) is 5.86. The van der Waals surface area contributed by atoms with Gasteiger partial charge in [0, 0.05) is 36.7 Å². The van der Waals surface area contributed by atoms with Gasteiger partial charge in [-0.05, 0) is 19.1 Å². The molecule has 66 valence electrons. The molecular weight excluding hydrogens is 162 g/mol. The van der Waals surface area contributed by atoms with E-state index in [9.17, 15) is 0 Å². The van der Waals surface area contributed by atoms with E-state index < -0.39 is 0 Å². The summed E-state index contributed by atoms with van der Waals surface area (Å²) in [4.78, 5) is 11.4. The molecule has 0 saturated carbocycles. The van der Waals surface area contributed by atoms with Crippen LogP contribution >= 0.6 is 0 Å². The summed E-state index contributed by atoms with van der Waals surface area (Å²) in [6.45, 7) is 1.97. The van der Waals surface area contributed by atoms with Gasteiger partial charge in [0.1, 0.15) is 0 Å². The summed E-state index contributed by atoms with van der Waals surface area (Å²) < 4.78 is 0. The number of aryl methyl sites for hydroxylation is 1. The van der Waals surface area contributed by atoms with Gasteiger partial charge >= 0.3 is 0 Å². The van der Waals surface area contributed by atoms with Gasteiger partial charge < -0.3 is 0 Å². The molecule has 0 saturated heterocycles. The Morgan fingerprint density at radius 3 is 1.69 bits per heavy atom. The number of aromatic nitrogens is 3. The first-order valence-electron chi connectivity index (χ1n) is 3.97.